The molecule has 3 aliphatic rings. The number of ether oxygens (including phenoxy) is 1. The monoisotopic (exact) mass is 332 g/mol. The molecule has 1 unspecified atom stereocenters. The molecule has 1 spiro atoms. The number of carbonyl (C=O) groups is 1. The molecule has 2 saturated heterocycles. The topological polar surface area (TPSA) is 45.9 Å². The maximum Gasteiger partial charge on any atom is 0.289 e. The highest BCUT2D eigenvalue weighted by Gasteiger charge is 2.50. The largest absolute Gasteiger partial charge is 0.459 e. The lowest BCUT2D eigenvalue weighted by molar-refractivity contribution is 0.0296. The van der Waals surface area contributed by atoms with Gasteiger partial charge in [0, 0.05) is 45.2 Å². The van der Waals surface area contributed by atoms with Crippen LogP contribution in [-0.2, 0) is 4.74 Å². The van der Waals surface area contributed by atoms with Crippen LogP contribution in [0.1, 0.15) is 42.7 Å². The predicted molar refractivity (Wildman–Crippen MR) is 90.9 cm³/mol. The van der Waals surface area contributed by atoms with E-state index in [4.69, 9.17) is 9.15 Å². The van der Waals surface area contributed by atoms with Gasteiger partial charge < -0.3 is 14.1 Å². The quantitative estimate of drug-likeness (QED) is 0.850. The second kappa shape index (κ2) is 6.52. The fourth-order valence-electron chi connectivity index (χ4n) is 4.81. The summed E-state index contributed by atoms with van der Waals surface area (Å²) in [6.45, 7) is 4.87. The lowest BCUT2D eigenvalue weighted by Crippen LogP contribution is -2.47. The number of rotatable bonds is 4. The average molecular weight is 332 g/mol. The standard InChI is InChI=1S/C19H28N2O3/c1-23-13-15-12-21(16-4-2-5-16)14-19(15)7-9-20(10-8-19)18(22)17-6-3-11-24-17/h3,6,11,15-16H,2,4-5,7-10,12-14H2,1H3. The Morgan fingerprint density at radius 1 is 1.38 bits per heavy atom. The van der Waals surface area contributed by atoms with E-state index in [1.54, 1.807) is 18.4 Å². The van der Waals surface area contributed by atoms with E-state index in [1.165, 1.54) is 32.4 Å². The van der Waals surface area contributed by atoms with Crippen LogP contribution in [0.3, 0.4) is 0 Å². The van der Waals surface area contributed by atoms with Gasteiger partial charge in [-0.15, -0.1) is 0 Å². The van der Waals surface area contributed by atoms with Crippen molar-refractivity contribution >= 4 is 5.91 Å². The molecule has 0 aromatic carbocycles. The van der Waals surface area contributed by atoms with Crippen LogP contribution in [0, 0.1) is 11.3 Å². The van der Waals surface area contributed by atoms with Crippen molar-refractivity contribution in [2.45, 2.75) is 38.1 Å². The van der Waals surface area contributed by atoms with Crippen molar-refractivity contribution in [3.05, 3.63) is 24.2 Å². The van der Waals surface area contributed by atoms with Crippen LogP contribution in [0.25, 0.3) is 0 Å². The number of furan rings is 1. The second-order valence-electron chi connectivity index (χ2n) is 7.80. The molecule has 0 bridgehead atoms. The van der Waals surface area contributed by atoms with E-state index in [0.717, 1.165) is 38.6 Å². The third-order valence-corrected chi connectivity index (χ3v) is 6.58. The molecule has 1 amide bonds. The number of amides is 1. The molecule has 1 aromatic rings. The van der Waals surface area contributed by atoms with Gasteiger partial charge in [0.1, 0.15) is 0 Å². The molecule has 1 aliphatic carbocycles. The fourth-order valence-corrected chi connectivity index (χ4v) is 4.81. The van der Waals surface area contributed by atoms with Crippen LogP contribution >= 0.6 is 0 Å². The normalized spacial score (nSPS) is 27.5. The molecule has 5 nitrogen and oxygen atoms in total. The third kappa shape index (κ3) is 2.78. The Balaban J connectivity index is 1.42. The third-order valence-electron chi connectivity index (χ3n) is 6.58. The van der Waals surface area contributed by atoms with Crippen LogP contribution in [0.15, 0.2) is 22.8 Å². The fraction of sp³-hybridized carbons (Fsp3) is 0.737. The van der Waals surface area contributed by atoms with Gasteiger partial charge in [-0.3, -0.25) is 9.69 Å². The molecule has 1 aromatic heterocycles. The number of piperidine rings is 1. The first-order valence-electron chi connectivity index (χ1n) is 9.28. The predicted octanol–water partition coefficient (Wildman–Crippen LogP) is 2.63. The summed E-state index contributed by atoms with van der Waals surface area (Å²) in [5.41, 5.74) is 0.325. The number of hydrogen-bond donors (Lipinski definition) is 0. The van der Waals surface area contributed by atoms with Crippen LogP contribution in [0.4, 0.5) is 0 Å². The summed E-state index contributed by atoms with van der Waals surface area (Å²) in [7, 11) is 1.81. The zero-order chi connectivity index (χ0) is 16.6. The first-order valence-corrected chi connectivity index (χ1v) is 9.28. The molecular weight excluding hydrogens is 304 g/mol. The SMILES string of the molecule is COCC1CN(C2CCC2)CC12CCN(C(=O)c1ccco1)CC2. The summed E-state index contributed by atoms with van der Waals surface area (Å²) in [5.74, 6) is 1.10. The zero-order valence-electron chi connectivity index (χ0n) is 14.6. The number of carbonyl (C=O) groups excluding carboxylic acids is 1. The molecule has 1 atom stereocenters. The molecule has 3 heterocycles. The highest BCUT2D eigenvalue weighted by molar-refractivity contribution is 5.91. The van der Waals surface area contributed by atoms with E-state index in [1.807, 2.05) is 12.0 Å². The summed E-state index contributed by atoms with van der Waals surface area (Å²) >= 11 is 0. The molecule has 4 rings (SSSR count). The van der Waals surface area contributed by atoms with Gasteiger partial charge in [0.25, 0.3) is 5.91 Å². The molecule has 1 saturated carbocycles. The van der Waals surface area contributed by atoms with Crippen molar-refractivity contribution in [3.63, 3.8) is 0 Å². The molecule has 0 radical (unpaired) electrons. The van der Waals surface area contributed by atoms with Crippen LogP contribution in [0.2, 0.25) is 0 Å². The van der Waals surface area contributed by atoms with Crippen molar-refractivity contribution < 1.29 is 13.9 Å². The summed E-state index contributed by atoms with van der Waals surface area (Å²) in [6.07, 6.45) is 7.83. The highest BCUT2D eigenvalue weighted by atomic mass is 16.5. The number of likely N-dealkylation sites (tertiary alicyclic amines) is 2. The summed E-state index contributed by atoms with van der Waals surface area (Å²) in [4.78, 5) is 17.2. The first-order chi connectivity index (χ1) is 11.7. The highest BCUT2D eigenvalue weighted by Crippen LogP contribution is 2.47. The summed E-state index contributed by atoms with van der Waals surface area (Å²) in [6, 6.07) is 4.33. The van der Waals surface area contributed by atoms with Crippen molar-refractivity contribution in [1.29, 1.82) is 0 Å². The van der Waals surface area contributed by atoms with Gasteiger partial charge in [0.15, 0.2) is 5.76 Å². The molecule has 2 aliphatic heterocycles. The Labute approximate surface area is 143 Å². The minimum Gasteiger partial charge on any atom is -0.459 e. The molecular formula is C19H28N2O3. The minimum atomic E-state index is 0.0342. The first kappa shape index (κ1) is 16.2. The van der Waals surface area contributed by atoms with Crippen molar-refractivity contribution in [2.75, 3.05) is 39.9 Å². The van der Waals surface area contributed by atoms with E-state index < -0.39 is 0 Å². The van der Waals surface area contributed by atoms with Gasteiger partial charge in [0.2, 0.25) is 0 Å². The van der Waals surface area contributed by atoms with Crippen LogP contribution < -0.4 is 0 Å². The van der Waals surface area contributed by atoms with E-state index in [-0.39, 0.29) is 5.91 Å². The van der Waals surface area contributed by atoms with Crippen LogP contribution in [-0.4, -0.2) is 61.6 Å². The zero-order valence-corrected chi connectivity index (χ0v) is 14.6. The Bertz CT molecular complexity index is 559. The van der Waals surface area contributed by atoms with E-state index in [9.17, 15) is 4.79 Å². The average Bonchev–Trinajstić information content (AvgIpc) is 3.16. The Hall–Kier alpha value is -1.33. The van der Waals surface area contributed by atoms with E-state index >= 15 is 0 Å². The van der Waals surface area contributed by atoms with Gasteiger partial charge >= 0.3 is 0 Å². The van der Waals surface area contributed by atoms with E-state index in [2.05, 4.69) is 4.90 Å². The summed E-state index contributed by atoms with van der Waals surface area (Å²) in [5, 5.41) is 0. The molecule has 5 heteroatoms. The lowest BCUT2D eigenvalue weighted by atomic mass is 9.71. The number of nitrogens with zero attached hydrogens (tertiary/aromatic N) is 2. The Morgan fingerprint density at radius 3 is 2.75 bits per heavy atom. The van der Waals surface area contributed by atoms with Gasteiger partial charge in [-0.05, 0) is 43.2 Å². The maximum absolute atomic E-state index is 12.5. The lowest BCUT2D eigenvalue weighted by Gasteiger charge is -2.43. The van der Waals surface area contributed by atoms with Gasteiger partial charge in [-0.25, -0.2) is 0 Å². The molecule has 24 heavy (non-hydrogen) atoms. The number of methoxy groups -OCH3 is 1. The smallest absolute Gasteiger partial charge is 0.289 e. The van der Waals surface area contributed by atoms with Gasteiger partial charge in [-0.1, -0.05) is 6.42 Å². The Kier molecular flexibility index (Phi) is 4.39. The number of hydrogen-bond acceptors (Lipinski definition) is 4. The Morgan fingerprint density at radius 2 is 2.17 bits per heavy atom. The van der Waals surface area contributed by atoms with Crippen molar-refractivity contribution in [2.24, 2.45) is 11.3 Å². The van der Waals surface area contributed by atoms with Crippen molar-refractivity contribution in [3.8, 4) is 0 Å². The van der Waals surface area contributed by atoms with Crippen LogP contribution in [0.5, 0.6) is 0 Å². The molecule has 3 fully saturated rings. The van der Waals surface area contributed by atoms with Crippen molar-refractivity contribution in [1.82, 2.24) is 9.80 Å². The molecule has 132 valence electrons. The second-order valence-corrected chi connectivity index (χ2v) is 7.80. The maximum atomic E-state index is 12.5. The summed E-state index contributed by atoms with van der Waals surface area (Å²) < 4.78 is 10.8. The molecule has 0 N–H and O–H groups in total. The van der Waals surface area contributed by atoms with Gasteiger partial charge in [-0.2, -0.15) is 0 Å². The minimum absolute atomic E-state index is 0.0342. The van der Waals surface area contributed by atoms with Gasteiger partial charge in [0.05, 0.1) is 12.9 Å². The van der Waals surface area contributed by atoms with E-state index in [0.29, 0.717) is 17.1 Å².